The highest BCUT2D eigenvalue weighted by Gasteiger charge is 2.25. The molecular formula is C12H23NO3. The van der Waals surface area contributed by atoms with Crippen LogP contribution in [0.4, 0.5) is 0 Å². The van der Waals surface area contributed by atoms with E-state index in [0.717, 1.165) is 19.3 Å². The summed E-state index contributed by atoms with van der Waals surface area (Å²) in [5, 5.41) is 11.7. The Balaban J connectivity index is 2.24. The van der Waals surface area contributed by atoms with Gasteiger partial charge >= 0.3 is 0 Å². The third-order valence-corrected chi connectivity index (χ3v) is 3.05. The molecule has 1 unspecified atom stereocenters. The van der Waals surface area contributed by atoms with Crippen LogP contribution in [-0.4, -0.2) is 37.4 Å². The minimum absolute atomic E-state index is 0.0358. The molecule has 0 aromatic carbocycles. The Morgan fingerprint density at radius 2 is 2.31 bits per heavy atom. The zero-order chi connectivity index (χ0) is 12.0. The monoisotopic (exact) mass is 229 g/mol. The van der Waals surface area contributed by atoms with Crippen LogP contribution in [0.25, 0.3) is 0 Å². The Labute approximate surface area is 97.4 Å². The quantitative estimate of drug-likeness (QED) is 0.712. The highest BCUT2D eigenvalue weighted by atomic mass is 16.5. The lowest BCUT2D eigenvalue weighted by molar-refractivity contribution is -0.125. The summed E-state index contributed by atoms with van der Waals surface area (Å²) < 4.78 is 5.18. The number of nitrogens with one attached hydrogen (secondary N) is 1. The van der Waals surface area contributed by atoms with Crippen LogP contribution in [0, 0.1) is 11.3 Å². The molecule has 0 bridgehead atoms. The SMILES string of the molecule is CC(C)(CCCO)CNC(=O)C1CCOC1. The Bertz CT molecular complexity index is 222. The second kappa shape index (κ2) is 6.21. The van der Waals surface area contributed by atoms with Gasteiger partial charge in [0.1, 0.15) is 0 Å². The van der Waals surface area contributed by atoms with Crippen LogP contribution in [-0.2, 0) is 9.53 Å². The van der Waals surface area contributed by atoms with E-state index in [0.29, 0.717) is 19.8 Å². The van der Waals surface area contributed by atoms with E-state index in [2.05, 4.69) is 19.2 Å². The van der Waals surface area contributed by atoms with E-state index in [1.165, 1.54) is 0 Å². The van der Waals surface area contributed by atoms with E-state index in [1.807, 2.05) is 0 Å². The van der Waals surface area contributed by atoms with Gasteiger partial charge in [-0.25, -0.2) is 0 Å². The summed E-state index contributed by atoms with van der Waals surface area (Å²) in [5.41, 5.74) is 0.0534. The zero-order valence-corrected chi connectivity index (χ0v) is 10.3. The Morgan fingerprint density at radius 1 is 1.56 bits per heavy atom. The van der Waals surface area contributed by atoms with Gasteiger partial charge in [-0.3, -0.25) is 4.79 Å². The van der Waals surface area contributed by atoms with Crippen molar-refractivity contribution in [2.75, 3.05) is 26.4 Å². The zero-order valence-electron chi connectivity index (χ0n) is 10.3. The molecule has 1 aliphatic rings. The fourth-order valence-corrected chi connectivity index (χ4v) is 1.86. The van der Waals surface area contributed by atoms with E-state index in [1.54, 1.807) is 0 Å². The van der Waals surface area contributed by atoms with E-state index in [9.17, 15) is 4.79 Å². The maximum absolute atomic E-state index is 11.7. The smallest absolute Gasteiger partial charge is 0.225 e. The number of aliphatic hydroxyl groups excluding tert-OH is 1. The summed E-state index contributed by atoms with van der Waals surface area (Å²) in [6.07, 6.45) is 2.54. The van der Waals surface area contributed by atoms with Crippen LogP contribution in [0.3, 0.4) is 0 Å². The van der Waals surface area contributed by atoms with Gasteiger partial charge in [0.05, 0.1) is 12.5 Å². The number of rotatable bonds is 6. The average molecular weight is 229 g/mol. The number of hydrogen-bond acceptors (Lipinski definition) is 3. The first kappa shape index (κ1) is 13.5. The molecule has 1 rings (SSSR count). The number of aliphatic hydroxyl groups is 1. The van der Waals surface area contributed by atoms with E-state index >= 15 is 0 Å². The number of carbonyl (C=O) groups excluding carboxylic acids is 1. The van der Waals surface area contributed by atoms with Crippen molar-refractivity contribution in [2.24, 2.45) is 11.3 Å². The van der Waals surface area contributed by atoms with Crippen LogP contribution in [0.1, 0.15) is 33.1 Å². The molecule has 0 aromatic heterocycles. The van der Waals surface area contributed by atoms with Crippen molar-refractivity contribution in [3.05, 3.63) is 0 Å². The van der Waals surface area contributed by atoms with Crippen LogP contribution < -0.4 is 5.32 Å². The van der Waals surface area contributed by atoms with Crippen LogP contribution >= 0.6 is 0 Å². The molecule has 0 aliphatic carbocycles. The molecule has 1 amide bonds. The van der Waals surface area contributed by atoms with Gasteiger partial charge in [-0.2, -0.15) is 0 Å². The molecule has 0 saturated carbocycles. The minimum atomic E-state index is 0.0358. The summed E-state index contributed by atoms with van der Waals surface area (Å²) >= 11 is 0. The molecule has 1 fully saturated rings. The molecule has 1 atom stereocenters. The van der Waals surface area contributed by atoms with Gasteiger partial charge in [0.2, 0.25) is 5.91 Å². The normalized spacial score (nSPS) is 21.1. The second-order valence-corrected chi connectivity index (χ2v) is 5.27. The predicted molar refractivity (Wildman–Crippen MR) is 62.0 cm³/mol. The number of ether oxygens (including phenoxy) is 1. The summed E-state index contributed by atoms with van der Waals surface area (Å²) in [5.74, 6) is 0.142. The van der Waals surface area contributed by atoms with Gasteiger partial charge in [0.15, 0.2) is 0 Å². The molecule has 0 radical (unpaired) electrons. The summed E-state index contributed by atoms with van der Waals surface area (Å²) in [6.45, 7) is 6.35. The summed E-state index contributed by atoms with van der Waals surface area (Å²) in [6, 6.07) is 0. The molecule has 1 heterocycles. The lowest BCUT2D eigenvalue weighted by Crippen LogP contribution is -2.38. The molecule has 4 nitrogen and oxygen atoms in total. The van der Waals surface area contributed by atoms with Crippen molar-refractivity contribution < 1.29 is 14.6 Å². The Kier molecular flexibility index (Phi) is 5.22. The van der Waals surface area contributed by atoms with Crippen LogP contribution in [0.2, 0.25) is 0 Å². The van der Waals surface area contributed by atoms with Crippen LogP contribution in [0.5, 0.6) is 0 Å². The lowest BCUT2D eigenvalue weighted by Gasteiger charge is -2.25. The predicted octanol–water partition coefficient (Wildman–Crippen LogP) is 0.938. The highest BCUT2D eigenvalue weighted by molar-refractivity contribution is 5.79. The van der Waals surface area contributed by atoms with Crippen molar-refractivity contribution in [1.29, 1.82) is 0 Å². The van der Waals surface area contributed by atoms with E-state index in [4.69, 9.17) is 9.84 Å². The fourth-order valence-electron chi connectivity index (χ4n) is 1.86. The summed E-state index contributed by atoms with van der Waals surface area (Å²) in [7, 11) is 0. The van der Waals surface area contributed by atoms with Gasteiger partial charge in [0, 0.05) is 19.8 Å². The number of carbonyl (C=O) groups is 1. The first-order chi connectivity index (χ1) is 7.55. The highest BCUT2D eigenvalue weighted by Crippen LogP contribution is 2.21. The molecule has 1 aliphatic heterocycles. The molecule has 16 heavy (non-hydrogen) atoms. The maximum Gasteiger partial charge on any atom is 0.225 e. The largest absolute Gasteiger partial charge is 0.396 e. The first-order valence-corrected chi connectivity index (χ1v) is 6.01. The van der Waals surface area contributed by atoms with Crippen molar-refractivity contribution in [3.8, 4) is 0 Å². The third kappa shape index (κ3) is 4.49. The topological polar surface area (TPSA) is 58.6 Å². The third-order valence-electron chi connectivity index (χ3n) is 3.05. The van der Waals surface area contributed by atoms with Gasteiger partial charge < -0.3 is 15.2 Å². The first-order valence-electron chi connectivity index (χ1n) is 6.01. The second-order valence-electron chi connectivity index (χ2n) is 5.27. The fraction of sp³-hybridized carbons (Fsp3) is 0.917. The molecular weight excluding hydrogens is 206 g/mol. The standard InChI is InChI=1S/C12H23NO3/c1-12(2,5-3-6-14)9-13-11(15)10-4-7-16-8-10/h10,14H,3-9H2,1-2H3,(H,13,15). The van der Waals surface area contributed by atoms with Gasteiger partial charge in [-0.1, -0.05) is 13.8 Å². The van der Waals surface area contributed by atoms with Crippen molar-refractivity contribution in [2.45, 2.75) is 33.1 Å². The molecule has 1 saturated heterocycles. The minimum Gasteiger partial charge on any atom is -0.396 e. The average Bonchev–Trinajstić information content (AvgIpc) is 2.77. The van der Waals surface area contributed by atoms with E-state index < -0.39 is 0 Å². The molecule has 0 aromatic rings. The van der Waals surface area contributed by atoms with Gasteiger partial charge in [-0.05, 0) is 24.7 Å². The van der Waals surface area contributed by atoms with Gasteiger partial charge in [-0.15, -0.1) is 0 Å². The maximum atomic E-state index is 11.7. The van der Waals surface area contributed by atoms with Crippen LogP contribution in [0.15, 0.2) is 0 Å². The van der Waals surface area contributed by atoms with Crippen molar-refractivity contribution in [1.82, 2.24) is 5.32 Å². The number of hydrogen-bond donors (Lipinski definition) is 2. The Hall–Kier alpha value is -0.610. The number of amides is 1. The summed E-state index contributed by atoms with van der Waals surface area (Å²) in [4.78, 5) is 11.7. The van der Waals surface area contributed by atoms with E-state index in [-0.39, 0.29) is 23.8 Å². The molecule has 0 spiro atoms. The van der Waals surface area contributed by atoms with Crippen molar-refractivity contribution in [3.63, 3.8) is 0 Å². The molecule has 4 heteroatoms. The lowest BCUT2D eigenvalue weighted by atomic mass is 9.87. The molecule has 2 N–H and O–H groups in total. The Morgan fingerprint density at radius 3 is 2.88 bits per heavy atom. The van der Waals surface area contributed by atoms with Crippen molar-refractivity contribution >= 4 is 5.91 Å². The van der Waals surface area contributed by atoms with Gasteiger partial charge in [0.25, 0.3) is 0 Å². The molecule has 94 valence electrons.